The third kappa shape index (κ3) is 4.38. The van der Waals surface area contributed by atoms with E-state index in [0.717, 1.165) is 6.20 Å². The van der Waals surface area contributed by atoms with Crippen LogP contribution in [-0.4, -0.2) is 38.4 Å². The fourth-order valence-corrected chi connectivity index (χ4v) is 4.75. The van der Waals surface area contributed by atoms with Crippen molar-refractivity contribution in [3.63, 3.8) is 0 Å². The molecule has 3 heterocycles. The Labute approximate surface area is 203 Å². The molecule has 0 atom stereocenters. The number of rotatable bonds is 6. The van der Waals surface area contributed by atoms with Gasteiger partial charge in [0.1, 0.15) is 23.5 Å². The summed E-state index contributed by atoms with van der Waals surface area (Å²) in [5.41, 5.74) is 1.52. The largest absolute Gasteiger partial charge is 0.492 e. The van der Waals surface area contributed by atoms with Gasteiger partial charge in [0.05, 0.1) is 23.3 Å². The molecule has 0 spiro atoms. The van der Waals surface area contributed by atoms with E-state index >= 15 is 0 Å². The lowest BCUT2D eigenvalue weighted by molar-refractivity contribution is 0.421. The molecule has 0 aliphatic carbocycles. The first-order valence-corrected chi connectivity index (χ1v) is 12.0. The predicted molar refractivity (Wildman–Crippen MR) is 123 cm³/mol. The molecule has 0 aliphatic heterocycles. The van der Waals surface area contributed by atoms with Gasteiger partial charge >= 0.3 is 0 Å². The molecule has 2 aromatic carbocycles. The first-order chi connectivity index (χ1) is 16.8. The van der Waals surface area contributed by atoms with Crippen molar-refractivity contribution in [3.05, 3.63) is 89.5 Å². The quantitative estimate of drug-likeness (QED) is 0.356. The number of hydrogen-bond acceptors (Lipinski definition) is 8. The number of nitrogens with zero attached hydrogens (tertiary/aromatic N) is 5. The van der Waals surface area contributed by atoms with E-state index in [9.17, 15) is 17.9 Å². The minimum Gasteiger partial charge on any atom is -0.492 e. The van der Waals surface area contributed by atoms with E-state index in [-0.39, 0.29) is 23.0 Å². The average Bonchev–Trinajstić information content (AvgIpc) is 3.51. The minimum atomic E-state index is -4.09. The number of sulfone groups is 1. The summed E-state index contributed by atoms with van der Waals surface area (Å²) < 4.78 is 46.5. The summed E-state index contributed by atoms with van der Waals surface area (Å²) in [6, 6.07) is 14.9. The van der Waals surface area contributed by atoms with E-state index in [1.165, 1.54) is 41.3 Å². The molecule has 5 rings (SSSR count). The summed E-state index contributed by atoms with van der Waals surface area (Å²) in [6.07, 6.45) is 2.39. The van der Waals surface area contributed by atoms with Crippen LogP contribution in [0.5, 0.6) is 5.88 Å². The topological polar surface area (TPSA) is 124 Å². The second kappa shape index (κ2) is 8.93. The Hall–Kier alpha value is -4.09. The van der Waals surface area contributed by atoms with Crippen molar-refractivity contribution in [2.24, 2.45) is 0 Å². The van der Waals surface area contributed by atoms with Gasteiger partial charge < -0.3 is 9.63 Å². The highest BCUT2D eigenvalue weighted by atomic mass is 35.5. The van der Waals surface area contributed by atoms with Crippen LogP contribution in [0.4, 0.5) is 4.39 Å². The summed E-state index contributed by atoms with van der Waals surface area (Å²) >= 11 is 5.83. The zero-order chi connectivity index (χ0) is 24.6. The monoisotopic (exact) mass is 511 g/mol. The second-order valence-corrected chi connectivity index (χ2v) is 9.74. The fourth-order valence-electron chi connectivity index (χ4n) is 3.40. The van der Waals surface area contributed by atoms with Crippen LogP contribution in [-0.2, 0) is 16.4 Å². The Bertz CT molecular complexity index is 1620. The van der Waals surface area contributed by atoms with Gasteiger partial charge in [-0.15, -0.1) is 0 Å². The molecule has 0 fully saturated rings. The molecule has 0 amide bonds. The van der Waals surface area contributed by atoms with Crippen molar-refractivity contribution in [1.82, 2.24) is 24.9 Å². The molecular weight excluding hydrogens is 497 g/mol. The highest BCUT2D eigenvalue weighted by molar-refractivity contribution is 7.91. The maximum Gasteiger partial charge on any atom is 0.234 e. The van der Waals surface area contributed by atoms with Crippen LogP contribution in [0.25, 0.3) is 22.9 Å². The van der Waals surface area contributed by atoms with Crippen molar-refractivity contribution >= 4 is 21.4 Å². The van der Waals surface area contributed by atoms with Gasteiger partial charge in [0.25, 0.3) is 0 Å². The van der Waals surface area contributed by atoms with Crippen molar-refractivity contribution < 1.29 is 22.4 Å². The number of halogens is 2. The maximum atomic E-state index is 14.3. The Balaban J connectivity index is 1.54. The zero-order valence-electron chi connectivity index (χ0n) is 17.7. The fraction of sp³-hybridized carbons (Fsp3) is 0.0435. The lowest BCUT2D eigenvalue weighted by atomic mass is 10.2. The third-order valence-corrected chi connectivity index (χ3v) is 7.15. The molecule has 12 heteroatoms. The molecular formula is C23H15ClFN5O4S. The maximum absolute atomic E-state index is 14.3. The van der Waals surface area contributed by atoms with Gasteiger partial charge in [-0.3, -0.25) is 4.68 Å². The zero-order valence-corrected chi connectivity index (χ0v) is 19.3. The molecule has 3 aromatic heterocycles. The van der Waals surface area contributed by atoms with Gasteiger partial charge in [0.15, 0.2) is 10.7 Å². The lowest BCUT2D eigenvalue weighted by Gasteiger charge is -2.07. The predicted octanol–water partition coefficient (Wildman–Crippen LogP) is 4.37. The summed E-state index contributed by atoms with van der Waals surface area (Å²) in [5.74, 6) is -1.17. The minimum absolute atomic E-state index is 0.0328. The Kier molecular flexibility index (Phi) is 5.79. The molecule has 0 bridgehead atoms. The van der Waals surface area contributed by atoms with Crippen molar-refractivity contribution in [3.8, 4) is 28.8 Å². The van der Waals surface area contributed by atoms with E-state index in [4.69, 9.17) is 16.1 Å². The molecule has 9 nitrogen and oxygen atoms in total. The first-order valence-electron chi connectivity index (χ1n) is 10.1. The first kappa shape index (κ1) is 22.7. The number of hydrogen-bond donors (Lipinski definition) is 1. The highest BCUT2D eigenvalue weighted by Gasteiger charge is 2.25. The number of aromatic nitrogens is 5. The Morgan fingerprint density at radius 1 is 1.06 bits per heavy atom. The van der Waals surface area contributed by atoms with Gasteiger partial charge in [-0.2, -0.15) is 10.1 Å². The van der Waals surface area contributed by atoms with Crippen LogP contribution in [0.15, 0.2) is 87.4 Å². The molecule has 1 N–H and O–H groups in total. The molecule has 0 aliphatic rings. The van der Waals surface area contributed by atoms with Crippen molar-refractivity contribution in [2.45, 2.75) is 16.3 Å². The van der Waals surface area contributed by atoms with Gasteiger partial charge in [-0.1, -0.05) is 35.0 Å². The standard InChI is InChI=1S/C23H15ClFN5O4S/c24-15-5-7-16(8-6-15)35(32,33)21-12-26-22(27-23(21)31)19-11-20(18-9-10-34-29-18)30(28-19)13-14-3-1-2-4-17(14)25/h1-12H,13H2,(H,26,27,31). The second-order valence-electron chi connectivity index (χ2n) is 7.39. The van der Waals surface area contributed by atoms with Crippen LogP contribution >= 0.6 is 11.6 Å². The summed E-state index contributed by atoms with van der Waals surface area (Å²) in [6.45, 7) is 0.0733. The normalized spacial score (nSPS) is 11.6. The van der Waals surface area contributed by atoms with Gasteiger partial charge in [0, 0.05) is 16.7 Å². The molecule has 35 heavy (non-hydrogen) atoms. The third-order valence-electron chi connectivity index (χ3n) is 5.14. The van der Waals surface area contributed by atoms with Crippen LogP contribution in [0, 0.1) is 5.82 Å². The molecule has 176 valence electrons. The van der Waals surface area contributed by atoms with E-state index in [2.05, 4.69) is 20.2 Å². The highest BCUT2D eigenvalue weighted by Crippen LogP contribution is 2.30. The van der Waals surface area contributed by atoms with E-state index in [0.29, 0.717) is 22.0 Å². The van der Waals surface area contributed by atoms with Gasteiger partial charge in [-0.05, 0) is 36.4 Å². The van der Waals surface area contributed by atoms with E-state index < -0.39 is 26.4 Å². The molecule has 0 saturated heterocycles. The summed E-state index contributed by atoms with van der Waals surface area (Å²) in [7, 11) is -4.09. The molecule has 0 unspecified atom stereocenters. The van der Waals surface area contributed by atoms with Crippen LogP contribution in [0.3, 0.4) is 0 Å². The van der Waals surface area contributed by atoms with E-state index in [1.54, 1.807) is 30.3 Å². The Morgan fingerprint density at radius 3 is 2.51 bits per heavy atom. The lowest BCUT2D eigenvalue weighted by Crippen LogP contribution is -2.06. The SMILES string of the molecule is O=S(=O)(c1ccc(Cl)cc1)c1cnc(-c2cc(-c3ccon3)n(Cc3ccccc3F)n2)nc1O. The number of benzene rings is 2. The van der Waals surface area contributed by atoms with Crippen LogP contribution < -0.4 is 0 Å². The average molecular weight is 512 g/mol. The summed E-state index contributed by atoms with van der Waals surface area (Å²) in [5, 5.41) is 19.2. The molecule has 5 aromatic rings. The number of aromatic hydroxyl groups is 1. The van der Waals surface area contributed by atoms with Crippen molar-refractivity contribution in [2.75, 3.05) is 0 Å². The molecule has 0 saturated carbocycles. The van der Waals surface area contributed by atoms with E-state index in [1.807, 2.05) is 0 Å². The smallest absolute Gasteiger partial charge is 0.234 e. The Morgan fingerprint density at radius 2 is 1.83 bits per heavy atom. The van der Waals surface area contributed by atoms with Crippen LogP contribution in [0.2, 0.25) is 5.02 Å². The van der Waals surface area contributed by atoms with Crippen LogP contribution in [0.1, 0.15) is 5.56 Å². The van der Waals surface area contributed by atoms with Crippen molar-refractivity contribution in [1.29, 1.82) is 0 Å². The summed E-state index contributed by atoms with van der Waals surface area (Å²) in [4.78, 5) is 7.53. The van der Waals surface area contributed by atoms with Gasteiger partial charge in [0.2, 0.25) is 15.7 Å². The van der Waals surface area contributed by atoms with Gasteiger partial charge in [-0.25, -0.2) is 17.8 Å². The molecule has 0 radical (unpaired) electrons.